The Bertz CT molecular complexity index is 320. The van der Waals surface area contributed by atoms with Crippen LogP contribution >= 0.6 is 0 Å². The summed E-state index contributed by atoms with van der Waals surface area (Å²) in [6.07, 6.45) is 10.7. The van der Waals surface area contributed by atoms with Gasteiger partial charge in [-0.1, -0.05) is 18.2 Å². The van der Waals surface area contributed by atoms with Crippen LogP contribution in [-0.2, 0) is 10.8 Å². The van der Waals surface area contributed by atoms with Gasteiger partial charge in [-0.05, 0) is 19.3 Å². The van der Waals surface area contributed by atoms with Crippen LogP contribution in [-0.4, -0.2) is 9.96 Å². The Hall–Kier alpha value is -0.233. The maximum atomic E-state index is 11.6. The molecule has 2 heterocycles. The Balaban J connectivity index is 0.000000980. The molecule has 0 aromatic heterocycles. The number of rotatable bonds is 0. The molecule has 1 unspecified atom stereocenters. The molecule has 1 fully saturated rings. The van der Waals surface area contributed by atoms with E-state index in [-0.39, 0.29) is 18.9 Å². The third-order valence-electron chi connectivity index (χ3n) is 2.21. The van der Waals surface area contributed by atoms with Crippen LogP contribution < -0.4 is 18.9 Å². The van der Waals surface area contributed by atoms with Crippen molar-refractivity contribution < 1.29 is 23.1 Å². The van der Waals surface area contributed by atoms with Gasteiger partial charge in [0.05, 0.1) is 0 Å². The Labute approximate surface area is 99.2 Å². The fourth-order valence-corrected chi connectivity index (χ4v) is 2.97. The monoisotopic (exact) mass is 201 g/mol. The molecule has 0 radical (unpaired) electrons. The molecule has 0 aromatic carbocycles. The van der Waals surface area contributed by atoms with Crippen molar-refractivity contribution in [2.45, 2.75) is 19.3 Å². The van der Waals surface area contributed by atoms with E-state index in [1.54, 1.807) is 6.20 Å². The molecule has 4 heteroatoms. The average Bonchev–Trinajstić information content (AvgIpc) is 2.20. The summed E-state index contributed by atoms with van der Waals surface area (Å²) in [5.41, 5.74) is 0.917. The third kappa shape index (κ3) is 2.63. The molecule has 2 rings (SSSR count). The zero-order valence-electron chi connectivity index (χ0n) is 8.40. The molecule has 0 amide bonds. The molecular weight excluding hydrogens is 189 g/mol. The molecule has 14 heavy (non-hydrogen) atoms. The maximum Gasteiger partial charge on any atom is 1.00 e. The minimum absolute atomic E-state index is 0. The predicted octanol–water partition coefficient (Wildman–Crippen LogP) is -0.408. The summed E-state index contributed by atoms with van der Waals surface area (Å²) >= 11 is 0. The Kier molecular flexibility index (Phi) is 4.74. The van der Waals surface area contributed by atoms with Gasteiger partial charge in [-0.15, -0.1) is 5.70 Å². The van der Waals surface area contributed by atoms with Gasteiger partial charge in [-0.3, -0.25) is 4.21 Å². The molecule has 0 spiro atoms. The van der Waals surface area contributed by atoms with Crippen LogP contribution in [0.2, 0.25) is 0 Å². The molecule has 70 valence electrons. The Morgan fingerprint density at radius 1 is 1.29 bits per heavy atom. The molecular formula is C10H12LiNOS. The normalized spacial score (nSPS) is 30.7. The molecule has 0 saturated carbocycles. The number of hydrogen-bond acceptors (Lipinski definition) is 1. The van der Waals surface area contributed by atoms with E-state index in [2.05, 4.69) is 5.32 Å². The minimum atomic E-state index is -0.775. The van der Waals surface area contributed by atoms with Gasteiger partial charge in [-0.2, -0.15) is 6.20 Å². The van der Waals surface area contributed by atoms with Crippen LogP contribution in [0, 0.1) is 0 Å². The fraction of sp³-hybridized carbons (Fsp3) is 0.400. The van der Waals surface area contributed by atoms with Crippen LogP contribution in [0.5, 0.6) is 0 Å². The van der Waals surface area contributed by atoms with E-state index in [1.807, 2.05) is 18.2 Å². The van der Waals surface area contributed by atoms with Crippen LogP contribution in [0.15, 0.2) is 35.0 Å². The first-order chi connectivity index (χ1) is 6.38. The Morgan fingerprint density at radius 3 is 2.79 bits per heavy atom. The second kappa shape index (κ2) is 5.60. The zero-order valence-corrected chi connectivity index (χ0v) is 9.22. The number of allylic oxidation sites excluding steroid dienone is 4. The summed E-state index contributed by atoms with van der Waals surface area (Å²) in [5, 5.41) is 4.22. The predicted molar refractivity (Wildman–Crippen MR) is 55.5 cm³/mol. The van der Waals surface area contributed by atoms with E-state index in [0.717, 1.165) is 35.6 Å². The van der Waals surface area contributed by atoms with E-state index in [0.29, 0.717) is 0 Å². The maximum absolute atomic E-state index is 11.6. The van der Waals surface area contributed by atoms with Crippen molar-refractivity contribution in [2.75, 3.05) is 5.75 Å². The van der Waals surface area contributed by atoms with Crippen molar-refractivity contribution in [3.63, 3.8) is 0 Å². The van der Waals surface area contributed by atoms with Crippen LogP contribution in [0.1, 0.15) is 19.3 Å². The van der Waals surface area contributed by atoms with E-state index in [4.69, 9.17) is 0 Å². The topological polar surface area (TPSA) is 31.2 Å². The van der Waals surface area contributed by atoms with Crippen molar-refractivity contribution in [3.05, 3.63) is 40.3 Å². The van der Waals surface area contributed by atoms with Gasteiger partial charge in [-0.25, -0.2) is 0 Å². The van der Waals surface area contributed by atoms with Crippen LogP contribution in [0.25, 0.3) is 5.32 Å². The standard InChI is InChI=1S/C10H12NOS.Li/c12-13-8-4-2-6-10(13)9-5-1-3-7-11-9;/h1,3,5,7H,2,4,6,8H2;/q-1;+1/b10-9-;. The summed E-state index contributed by atoms with van der Waals surface area (Å²) in [4.78, 5) is 1.03. The molecule has 2 aliphatic heterocycles. The second-order valence-corrected chi connectivity index (χ2v) is 4.74. The fourth-order valence-electron chi connectivity index (χ4n) is 1.53. The van der Waals surface area contributed by atoms with E-state index in [1.165, 1.54) is 0 Å². The molecule has 0 N–H and O–H groups in total. The van der Waals surface area contributed by atoms with Gasteiger partial charge in [0.15, 0.2) is 0 Å². The smallest absolute Gasteiger partial charge is 0.663 e. The van der Waals surface area contributed by atoms with Crippen LogP contribution in [0.3, 0.4) is 0 Å². The van der Waals surface area contributed by atoms with E-state index in [9.17, 15) is 4.21 Å². The average molecular weight is 201 g/mol. The van der Waals surface area contributed by atoms with Gasteiger partial charge < -0.3 is 5.32 Å². The molecule has 1 saturated heterocycles. The summed E-state index contributed by atoms with van der Waals surface area (Å²) < 4.78 is 11.6. The van der Waals surface area contributed by atoms with Gasteiger partial charge >= 0.3 is 18.9 Å². The zero-order chi connectivity index (χ0) is 9.10. The molecule has 0 aromatic rings. The summed E-state index contributed by atoms with van der Waals surface area (Å²) in [6, 6.07) is 0. The number of hydrogen-bond donors (Lipinski definition) is 0. The molecule has 2 aliphatic rings. The molecule has 1 atom stereocenters. The first-order valence-corrected chi connectivity index (χ1v) is 5.85. The Morgan fingerprint density at radius 2 is 2.14 bits per heavy atom. The third-order valence-corrected chi connectivity index (χ3v) is 3.83. The van der Waals surface area contributed by atoms with Gasteiger partial charge in [0.2, 0.25) is 0 Å². The quantitative estimate of drug-likeness (QED) is 0.490. The van der Waals surface area contributed by atoms with Gasteiger partial charge in [0.25, 0.3) is 0 Å². The molecule has 2 nitrogen and oxygen atoms in total. The van der Waals surface area contributed by atoms with Crippen molar-refractivity contribution >= 4 is 10.8 Å². The van der Waals surface area contributed by atoms with Gasteiger partial charge in [0.1, 0.15) is 0 Å². The molecule has 0 bridgehead atoms. The SMILES string of the molecule is O=S1CCCC/C1=C1\C=CC=C[N-]1.[Li+]. The van der Waals surface area contributed by atoms with E-state index < -0.39 is 10.8 Å². The minimum Gasteiger partial charge on any atom is -0.663 e. The summed E-state index contributed by atoms with van der Waals surface area (Å²) in [5.74, 6) is 0.811. The van der Waals surface area contributed by atoms with Crippen molar-refractivity contribution in [1.29, 1.82) is 0 Å². The van der Waals surface area contributed by atoms with E-state index >= 15 is 0 Å². The largest absolute Gasteiger partial charge is 1.00 e. The van der Waals surface area contributed by atoms with Crippen molar-refractivity contribution in [3.8, 4) is 0 Å². The van der Waals surface area contributed by atoms with Crippen LogP contribution in [0.4, 0.5) is 0 Å². The number of nitrogens with zero attached hydrogens (tertiary/aromatic N) is 1. The molecule has 0 aliphatic carbocycles. The van der Waals surface area contributed by atoms with Crippen molar-refractivity contribution in [2.24, 2.45) is 0 Å². The first-order valence-electron chi connectivity index (χ1n) is 4.53. The first kappa shape index (κ1) is 11.8. The summed E-state index contributed by atoms with van der Waals surface area (Å²) in [7, 11) is -0.775. The summed E-state index contributed by atoms with van der Waals surface area (Å²) in [6.45, 7) is 0. The van der Waals surface area contributed by atoms with Gasteiger partial charge in [0, 0.05) is 21.5 Å². The van der Waals surface area contributed by atoms with Crippen molar-refractivity contribution in [1.82, 2.24) is 0 Å². The second-order valence-electron chi connectivity index (χ2n) is 3.14.